The molecule has 2 aromatic rings. The molecule has 0 bridgehead atoms. The standard InChI is InChI=1S/C12H14N2O2/c1-9-4-5-10(7-13)12(14-9)16-8-11-3-2-6-15-11/h2-6H,7-8,13H2,1H3. The number of furan rings is 1. The minimum Gasteiger partial charge on any atom is -0.469 e. The summed E-state index contributed by atoms with van der Waals surface area (Å²) >= 11 is 0. The zero-order chi connectivity index (χ0) is 11.4. The highest BCUT2D eigenvalue weighted by Crippen LogP contribution is 2.17. The van der Waals surface area contributed by atoms with Gasteiger partial charge in [-0.2, -0.15) is 0 Å². The van der Waals surface area contributed by atoms with Gasteiger partial charge < -0.3 is 14.9 Å². The third-order valence-corrected chi connectivity index (χ3v) is 2.23. The van der Waals surface area contributed by atoms with Crippen LogP contribution in [0.5, 0.6) is 5.88 Å². The average molecular weight is 218 g/mol. The second-order valence-corrected chi connectivity index (χ2v) is 3.49. The fourth-order valence-corrected chi connectivity index (χ4v) is 1.38. The monoisotopic (exact) mass is 218 g/mol. The lowest BCUT2D eigenvalue weighted by Gasteiger charge is -2.08. The van der Waals surface area contributed by atoms with Crippen LogP contribution in [0.2, 0.25) is 0 Å². The van der Waals surface area contributed by atoms with E-state index in [2.05, 4.69) is 4.98 Å². The summed E-state index contributed by atoms with van der Waals surface area (Å²) in [7, 11) is 0. The average Bonchev–Trinajstić information content (AvgIpc) is 2.79. The van der Waals surface area contributed by atoms with E-state index < -0.39 is 0 Å². The molecule has 0 aliphatic carbocycles. The Morgan fingerprint density at radius 2 is 2.25 bits per heavy atom. The Labute approximate surface area is 94.1 Å². The summed E-state index contributed by atoms with van der Waals surface area (Å²) in [6.07, 6.45) is 1.62. The van der Waals surface area contributed by atoms with Crippen LogP contribution in [0.4, 0.5) is 0 Å². The second kappa shape index (κ2) is 4.81. The minimum absolute atomic E-state index is 0.371. The lowest BCUT2D eigenvalue weighted by Crippen LogP contribution is -2.04. The highest BCUT2D eigenvalue weighted by atomic mass is 16.5. The number of hydrogen-bond acceptors (Lipinski definition) is 4. The third kappa shape index (κ3) is 2.41. The van der Waals surface area contributed by atoms with Gasteiger partial charge in [0.25, 0.3) is 0 Å². The summed E-state index contributed by atoms with van der Waals surface area (Å²) < 4.78 is 10.7. The highest BCUT2D eigenvalue weighted by Gasteiger charge is 2.05. The van der Waals surface area contributed by atoms with E-state index in [4.69, 9.17) is 14.9 Å². The number of hydrogen-bond donors (Lipinski definition) is 1. The van der Waals surface area contributed by atoms with E-state index in [1.807, 2.05) is 31.2 Å². The molecular weight excluding hydrogens is 204 g/mol. The van der Waals surface area contributed by atoms with Crippen molar-refractivity contribution in [3.8, 4) is 5.88 Å². The fraction of sp³-hybridized carbons (Fsp3) is 0.250. The first-order chi connectivity index (χ1) is 7.79. The SMILES string of the molecule is Cc1ccc(CN)c(OCc2ccco2)n1. The Hall–Kier alpha value is -1.81. The summed E-state index contributed by atoms with van der Waals surface area (Å²) in [6, 6.07) is 7.53. The molecule has 0 fully saturated rings. The van der Waals surface area contributed by atoms with Gasteiger partial charge in [0.15, 0.2) is 0 Å². The molecule has 0 unspecified atom stereocenters. The number of aromatic nitrogens is 1. The zero-order valence-electron chi connectivity index (χ0n) is 9.14. The van der Waals surface area contributed by atoms with Crippen LogP contribution in [0.15, 0.2) is 34.9 Å². The zero-order valence-corrected chi connectivity index (χ0v) is 9.14. The van der Waals surface area contributed by atoms with E-state index in [9.17, 15) is 0 Å². The molecule has 2 rings (SSSR count). The van der Waals surface area contributed by atoms with Crippen molar-refractivity contribution in [1.29, 1.82) is 0 Å². The number of aryl methyl sites for hydroxylation is 1. The molecule has 0 aliphatic rings. The van der Waals surface area contributed by atoms with Gasteiger partial charge >= 0.3 is 0 Å². The van der Waals surface area contributed by atoms with Crippen LogP contribution in [-0.4, -0.2) is 4.98 Å². The largest absolute Gasteiger partial charge is 0.469 e. The van der Waals surface area contributed by atoms with Crippen LogP contribution in [0.3, 0.4) is 0 Å². The van der Waals surface area contributed by atoms with Gasteiger partial charge in [0, 0.05) is 17.8 Å². The third-order valence-electron chi connectivity index (χ3n) is 2.23. The van der Waals surface area contributed by atoms with Crippen LogP contribution in [0, 0.1) is 6.92 Å². The van der Waals surface area contributed by atoms with Crippen molar-refractivity contribution in [2.24, 2.45) is 5.73 Å². The Bertz CT molecular complexity index is 452. The fourth-order valence-electron chi connectivity index (χ4n) is 1.38. The van der Waals surface area contributed by atoms with E-state index in [1.165, 1.54) is 0 Å². The van der Waals surface area contributed by atoms with Crippen LogP contribution in [-0.2, 0) is 13.2 Å². The summed E-state index contributed by atoms with van der Waals surface area (Å²) in [4.78, 5) is 4.30. The first-order valence-electron chi connectivity index (χ1n) is 5.11. The van der Waals surface area contributed by atoms with Crippen LogP contribution >= 0.6 is 0 Å². The van der Waals surface area contributed by atoms with Gasteiger partial charge in [0.2, 0.25) is 5.88 Å². The minimum atomic E-state index is 0.371. The molecular formula is C12H14N2O2. The Morgan fingerprint density at radius 1 is 1.38 bits per heavy atom. The quantitative estimate of drug-likeness (QED) is 0.852. The summed E-state index contributed by atoms with van der Waals surface area (Å²) in [6.45, 7) is 2.71. The topological polar surface area (TPSA) is 61.3 Å². The van der Waals surface area contributed by atoms with Gasteiger partial charge in [0.1, 0.15) is 12.4 Å². The molecule has 0 aromatic carbocycles. The molecule has 2 N–H and O–H groups in total. The van der Waals surface area contributed by atoms with Gasteiger partial charge in [-0.05, 0) is 25.1 Å². The lowest BCUT2D eigenvalue weighted by atomic mass is 10.2. The van der Waals surface area contributed by atoms with Crippen molar-refractivity contribution >= 4 is 0 Å². The van der Waals surface area contributed by atoms with Crippen molar-refractivity contribution in [2.45, 2.75) is 20.1 Å². The van der Waals surface area contributed by atoms with Gasteiger partial charge in [-0.3, -0.25) is 0 Å². The van der Waals surface area contributed by atoms with Crippen molar-refractivity contribution in [1.82, 2.24) is 4.98 Å². The molecule has 0 spiro atoms. The maximum atomic E-state index is 5.61. The van der Waals surface area contributed by atoms with E-state index in [0.29, 0.717) is 19.0 Å². The maximum Gasteiger partial charge on any atom is 0.218 e. The van der Waals surface area contributed by atoms with Gasteiger partial charge in [-0.25, -0.2) is 4.98 Å². The van der Waals surface area contributed by atoms with Gasteiger partial charge in [0.05, 0.1) is 6.26 Å². The van der Waals surface area contributed by atoms with Crippen molar-refractivity contribution in [2.75, 3.05) is 0 Å². The molecule has 0 radical (unpaired) electrons. The summed E-state index contributed by atoms with van der Waals surface area (Å²) in [5.41, 5.74) is 7.42. The van der Waals surface area contributed by atoms with E-state index >= 15 is 0 Å². The molecule has 0 amide bonds. The Morgan fingerprint density at radius 3 is 2.94 bits per heavy atom. The predicted octanol–water partition coefficient (Wildman–Crippen LogP) is 2.02. The van der Waals surface area contributed by atoms with Gasteiger partial charge in [-0.15, -0.1) is 0 Å². The first kappa shape index (κ1) is 10.7. The number of pyridine rings is 1. The maximum absolute atomic E-state index is 5.61. The number of nitrogens with zero attached hydrogens (tertiary/aromatic N) is 1. The molecule has 2 aromatic heterocycles. The molecule has 84 valence electrons. The normalized spacial score (nSPS) is 10.4. The molecule has 0 aliphatic heterocycles. The smallest absolute Gasteiger partial charge is 0.218 e. The molecule has 16 heavy (non-hydrogen) atoms. The van der Waals surface area contributed by atoms with Gasteiger partial charge in [-0.1, -0.05) is 6.07 Å². The molecule has 0 atom stereocenters. The molecule has 4 heteroatoms. The summed E-state index contributed by atoms with van der Waals surface area (Å²) in [5.74, 6) is 1.35. The van der Waals surface area contributed by atoms with Crippen molar-refractivity contribution in [3.63, 3.8) is 0 Å². The predicted molar refractivity (Wildman–Crippen MR) is 59.9 cm³/mol. The van der Waals surface area contributed by atoms with E-state index in [-0.39, 0.29) is 0 Å². The highest BCUT2D eigenvalue weighted by molar-refractivity contribution is 5.27. The van der Waals surface area contributed by atoms with Crippen LogP contribution in [0.25, 0.3) is 0 Å². The number of rotatable bonds is 4. The van der Waals surface area contributed by atoms with Crippen LogP contribution in [0.1, 0.15) is 17.0 Å². The first-order valence-corrected chi connectivity index (χ1v) is 5.11. The lowest BCUT2D eigenvalue weighted by molar-refractivity contribution is 0.257. The Kier molecular flexibility index (Phi) is 3.22. The summed E-state index contributed by atoms with van der Waals surface area (Å²) in [5, 5.41) is 0. The van der Waals surface area contributed by atoms with Crippen molar-refractivity contribution < 1.29 is 9.15 Å². The number of nitrogens with two attached hydrogens (primary N) is 1. The molecule has 0 saturated heterocycles. The Balaban J connectivity index is 2.11. The molecule has 0 saturated carbocycles. The second-order valence-electron chi connectivity index (χ2n) is 3.49. The van der Waals surface area contributed by atoms with Crippen molar-refractivity contribution in [3.05, 3.63) is 47.5 Å². The van der Waals surface area contributed by atoms with E-state index in [0.717, 1.165) is 17.0 Å². The molecule has 2 heterocycles. The van der Waals surface area contributed by atoms with E-state index in [1.54, 1.807) is 6.26 Å². The molecule has 4 nitrogen and oxygen atoms in total. The number of ether oxygens (including phenoxy) is 1. The van der Waals surface area contributed by atoms with Crippen LogP contribution < -0.4 is 10.5 Å².